The van der Waals surface area contributed by atoms with Crippen molar-refractivity contribution in [3.8, 4) is 0 Å². The molecule has 1 N–H and O–H groups in total. The van der Waals surface area contributed by atoms with E-state index < -0.39 is 18.0 Å². The number of hydrogen-bond donors (Lipinski definition) is 1. The summed E-state index contributed by atoms with van der Waals surface area (Å²) in [4.78, 5) is 30.7. The van der Waals surface area contributed by atoms with Crippen LogP contribution in [0.4, 0.5) is 13.2 Å². The molecule has 2 aromatic rings. The average molecular weight is 488 g/mol. The molecule has 1 aromatic carbocycles. The van der Waals surface area contributed by atoms with Crippen LogP contribution in [0.3, 0.4) is 0 Å². The van der Waals surface area contributed by atoms with Crippen LogP contribution in [0.25, 0.3) is 5.57 Å². The molecule has 2 heterocycles. The minimum Gasteiger partial charge on any atom is -0.331 e. The van der Waals surface area contributed by atoms with E-state index in [9.17, 15) is 22.8 Å². The van der Waals surface area contributed by atoms with Crippen molar-refractivity contribution in [2.24, 2.45) is 10.9 Å². The second-order valence-corrected chi connectivity index (χ2v) is 9.14. The zero-order valence-corrected chi connectivity index (χ0v) is 19.9. The van der Waals surface area contributed by atoms with Gasteiger partial charge < -0.3 is 10.2 Å². The van der Waals surface area contributed by atoms with E-state index in [2.05, 4.69) is 15.4 Å². The fraction of sp³-hybridized carbons (Fsp3) is 0.440. The SMILES string of the molecule is C/N=C\c1ccc(CN2C[C@H](C)n3nc(C4=C(NC(C)=O)CC(C(F)(F)F)CC4)cc3C2=O)cc1. The Morgan fingerprint density at radius 3 is 2.63 bits per heavy atom. The first kappa shape index (κ1) is 24.7. The van der Waals surface area contributed by atoms with Gasteiger partial charge in [-0.2, -0.15) is 18.3 Å². The molecule has 7 nitrogen and oxygen atoms in total. The third-order valence-electron chi connectivity index (χ3n) is 6.43. The molecule has 0 saturated heterocycles. The summed E-state index contributed by atoms with van der Waals surface area (Å²) in [7, 11) is 1.70. The van der Waals surface area contributed by atoms with Gasteiger partial charge in [0.2, 0.25) is 5.91 Å². The standard InChI is InChI=1S/C25H28F3N5O2/c1-15-13-32(14-18-6-4-17(5-7-18)12-29-3)24(35)23-11-22(31-33(15)23)20-9-8-19(25(26,27)28)10-21(20)30-16(2)34/h4-7,11-12,15,19H,8-10,13-14H2,1-3H3,(H,30,34)/b29-12-/t15-,19?/m0/s1. The molecule has 0 bridgehead atoms. The fourth-order valence-corrected chi connectivity index (χ4v) is 4.74. The van der Waals surface area contributed by atoms with Crippen molar-refractivity contribution in [2.45, 2.75) is 51.9 Å². The Morgan fingerprint density at radius 1 is 1.29 bits per heavy atom. The molecule has 1 aliphatic carbocycles. The highest BCUT2D eigenvalue weighted by Crippen LogP contribution is 2.42. The van der Waals surface area contributed by atoms with Gasteiger partial charge in [0.25, 0.3) is 5.91 Å². The zero-order chi connectivity index (χ0) is 25.3. The maximum atomic E-state index is 13.3. The maximum Gasteiger partial charge on any atom is 0.392 e. The van der Waals surface area contributed by atoms with Crippen molar-refractivity contribution in [3.05, 3.63) is 58.5 Å². The first-order valence-electron chi connectivity index (χ1n) is 11.5. The summed E-state index contributed by atoms with van der Waals surface area (Å²) in [6, 6.07) is 9.31. The number of hydrogen-bond acceptors (Lipinski definition) is 4. The Hall–Kier alpha value is -3.43. The average Bonchev–Trinajstić information content (AvgIpc) is 3.24. The van der Waals surface area contributed by atoms with Crippen molar-refractivity contribution in [2.75, 3.05) is 13.6 Å². The second-order valence-electron chi connectivity index (χ2n) is 9.14. The lowest BCUT2D eigenvalue weighted by Gasteiger charge is -2.31. The van der Waals surface area contributed by atoms with Gasteiger partial charge in [0.05, 0.1) is 17.7 Å². The van der Waals surface area contributed by atoms with Crippen LogP contribution in [0.5, 0.6) is 0 Å². The molecule has 1 aromatic heterocycles. The summed E-state index contributed by atoms with van der Waals surface area (Å²) in [5.74, 6) is -2.14. The van der Waals surface area contributed by atoms with Crippen molar-refractivity contribution >= 4 is 23.6 Å². The Morgan fingerprint density at radius 2 is 2.00 bits per heavy atom. The van der Waals surface area contributed by atoms with Gasteiger partial charge in [-0.05, 0) is 49.0 Å². The van der Waals surface area contributed by atoms with Crippen LogP contribution in [0, 0.1) is 5.92 Å². The number of nitrogens with zero attached hydrogens (tertiary/aromatic N) is 4. The highest BCUT2D eigenvalue weighted by atomic mass is 19.4. The third kappa shape index (κ3) is 5.31. The number of allylic oxidation sites excluding steroid dienone is 2. The first-order valence-corrected chi connectivity index (χ1v) is 11.5. The summed E-state index contributed by atoms with van der Waals surface area (Å²) in [5, 5.41) is 7.17. The Bertz CT molecular complexity index is 1180. The number of carbonyl (C=O) groups is 2. The topological polar surface area (TPSA) is 79.6 Å². The van der Waals surface area contributed by atoms with Gasteiger partial charge in [0.1, 0.15) is 5.69 Å². The van der Waals surface area contributed by atoms with E-state index in [1.165, 1.54) is 6.92 Å². The normalized spacial score (nSPS) is 21.0. The van der Waals surface area contributed by atoms with E-state index in [4.69, 9.17) is 0 Å². The largest absolute Gasteiger partial charge is 0.392 e. The molecule has 4 rings (SSSR count). The van der Waals surface area contributed by atoms with E-state index in [1.807, 2.05) is 31.2 Å². The molecule has 2 atom stereocenters. The lowest BCUT2D eigenvalue weighted by atomic mass is 9.85. The summed E-state index contributed by atoms with van der Waals surface area (Å²) in [6.45, 7) is 4.11. The zero-order valence-electron chi connectivity index (χ0n) is 19.9. The first-order chi connectivity index (χ1) is 16.6. The summed E-state index contributed by atoms with van der Waals surface area (Å²) >= 11 is 0. The predicted molar refractivity (Wildman–Crippen MR) is 126 cm³/mol. The maximum absolute atomic E-state index is 13.3. The summed E-state index contributed by atoms with van der Waals surface area (Å²) in [6.07, 6.45) is -2.86. The molecule has 0 fully saturated rings. The Labute approximate surface area is 201 Å². The summed E-state index contributed by atoms with van der Waals surface area (Å²) < 4.78 is 41.7. The monoisotopic (exact) mass is 487 g/mol. The molecule has 10 heteroatoms. The number of aromatic nitrogens is 2. The van der Waals surface area contributed by atoms with Crippen LogP contribution in [-0.2, 0) is 11.3 Å². The Kier molecular flexibility index (Phi) is 6.82. The van der Waals surface area contributed by atoms with Crippen LogP contribution < -0.4 is 5.32 Å². The number of halogens is 3. The van der Waals surface area contributed by atoms with Gasteiger partial charge in [0.15, 0.2) is 0 Å². The van der Waals surface area contributed by atoms with Crippen LogP contribution >= 0.6 is 0 Å². The van der Waals surface area contributed by atoms with Gasteiger partial charge in [-0.25, -0.2) is 0 Å². The number of carbonyl (C=O) groups excluding carboxylic acids is 2. The van der Waals surface area contributed by atoms with Crippen LogP contribution in [0.1, 0.15) is 66.5 Å². The second kappa shape index (κ2) is 9.67. The molecular weight excluding hydrogens is 459 g/mol. The minimum atomic E-state index is -4.34. The molecule has 0 spiro atoms. The van der Waals surface area contributed by atoms with Crippen LogP contribution in [-0.4, -0.2) is 52.5 Å². The van der Waals surface area contributed by atoms with Gasteiger partial charge >= 0.3 is 6.18 Å². The van der Waals surface area contributed by atoms with Crippen LogP contribution in [0.15, 0.2) is 41.0 Å². The van der Waals surface area contributed by atoms with E-state index in [1.54, 1.807) is 28.9 Å². The predicted octanol–water partition coefficient (Wildman–Crippen LogP) is 4.36. The van der Waals surface area contributed by atoms with Gasteiger partial charge in [-0.3, -0.25) is 19.3 Å². The van der Waals surface area contributed by atoms with Crippen molar-refractivity contribution in [1.29, 1.82) is 0 Å². The quantitative estimate of drug-likeness (QED) is 0.637. The number of aliphatic imine (C=N–C) groups is 1. The Balaban J connectivity index is 1.61. The van der Waals surface area contributed by atoms with E-state index in [0.29, 0.717) is 30.1 Å². The molecule has 1 unspecified atom stereocenters. The van der Waals surface area contributed by atoms with Gasteiger partial charge in [-0.15, -0.1) is 0 Å². The van der Waals surface area contributed by atoms with Crippen molar-refractivity contribution in [1.82, 2.24) is 20.0 Å². The molecule has 2 aliphatic rings. The van der Waals surface area contributed by atoms with E-state index in [0.717, 1.165) is 11.1 Å². The fourth-order valence-electron chi connectivity index (χ4n) is 4.74. The molecular formula is C25H28F3N5O2. The minimum absolute atomic E-state index is 0.0848. The van der Waals surface area contributed by atoms with Crippen molar-refractivity contribution in [3.63, 3.8) is 0 Å². The van der Waals surface area contributed by atoms with Crippen molar-refractivity contribution < 1.29 is 22.8 Å². The van der Waals surface area contributed by atoms with E-state index >= 15 is 0 Å². The summed E-state index contributed by atoms with van der Waals surface area (Å²) in [5.41, 5.74) is 3.57. The number of rotatable bonds is 5. The number of nitrogens with one attached hydrogen (secondary N) is 1. The lowest BCUT2D eigenvalue weighted by Crippen LogP contribution is -2.41. The number of amides is 2. The number of fused-ring (bicyclic) bond motifs is 1. The smallest absolute Gasteiger partial charge is 0.331 e. The van der Waals surface area contributed by atoms with E-state index in [-0.39, 0.29) is 36.9 Å². The number of alkyl halides is 3. The molecule has 0 radical (unpaired) electrons. The third-order valence-corrected chi connectivity index (χ3v) is 6.43. The van der Waals surface area contributed by atoms with Gasteiger partial charge in [0, 0.05) is 39.0 Å². The van der Waals surface area contributed by atoms with Crippen LogP contribution in [0.2, 0.25) is 0 Å². The number of benzene rings is 1. The molecule has 1 aliphatic heterocycles. The molecule has 35 heavy (non-hydrogen) atoms. The molecule has 186 valence electrons. The highest BCUT2D eigenvalue weighted by molar-refractivity contribution is 5.94. The molecule has 2 amide bonds. The molecule has 0 saturated carbocycles. The van der Waals surface area contributed by atoms with Gasteiger partial charge in [-0.1, -0.05) is 24.3 Å². The highest BCUT2D eigenvalue weighted by Gasteiger charge is 2.42. The lowest BCUT2D eigenvalue weighted by molar-refractivity contribution is -0.176.